The lowest BCUT2D eigenvalue weighted by Gasteiger charge is -2.09. The summed E-state index contributed by atoms with van der Waals surface area (Å²) in [5.41, 5.74) is 3.08. The van der Waals surface area contributed by atoms with Gasteiger partial charge < -0.3 is 9.73 Å². The highest BCUT2D eigenvalue weighted by Gasteiger charge is 2.10. The maximum Gasteiger partial charge on any atom is 0.267 e. The molecule has 3 aromatic rings. The average Bonchev–Trinajstić information content (AvgIpc) is 3.07. The van der Waals surface area contributed by atoms with Gasteiger partial charge in [0.2, 0.25) is 5.91 Å². The Hall–Kier alpha value is -3.15. The van der Waals surface area contributed by atoms with Gasteiger partial charge >= 0.3 is 0 Å². The molecule has 1 N–H and O–H groups in total. The summed E-state index contributed by atoms with van der Waals surface area (Å²) in [4.78, 5) is 24.1. The molecule has 0 aliphatic carbocycles. The van der Waals surface area contributed by atoms with Gasteiger partial charge in [0.25, 0.3) is 5.56 Å². The Morgan fingerprint density at radius 1 is 1.17 bits per heavy atom. The standard InChI is InChI=1S/C18H17N3O3/c1-12-5-6-14(10-13(12)2)19-17(22)11-21-18(23)8-7-15(20-21)16-4-3-9-24-16/h3-10H,11H2,1-2H3,(H,19,22). The van der Waals surface area contributed by atoms with E-state index in [1.165, 1.54) is 12.3 Å². The number of hydrogen-bond donors (Lipinski definition) is 1. The summed E-state index contributed by atoms with van der Waals surface area (Å²) in [7, 11) is 0. The molecule has 0 aliphatic heterocycles. The topological polar surface area (TPSA) is 77.1 Å². The minimum absolute atomic E-state index is 0.166. The fourth-order valence-electron chi connectivity index (χ4n) is 2.27. The van der Waals surface area contributed by atoms with Gasteiger partial charge in [-0.1, -0.05) is 6.07 Å². The van der Waals surface area contributed by atoms with Gasteiger partial charge in [0.15, 0.2) is 5.76 Å². The molecule has 0 spiro atoms. The highest BCUT2D eigenvalue weighted by atomic mass is 16.3. The minimum atomic E-state index is -0.347. The van der Waals surface area contributed by atoms with Gasteiger partial charge in [-0.15, -0.1) is 0 Å². The Morgan fingerprint density at radius 3 is 2.71 bits per heavy atom. The molecule has 0 fully saturated rings. The third-order valence-electron chi connectivity index (χ3n) is 3.72. The van der Waals surface area contributed by atoms with Crippen LogP contribution in [0.5, 0.6) is 0 Å². The Kier molecular flexibility index (Phi) is 4.29. The molecule has 1 aromatic carbocycles. The fourth-order valence-corrected chi connectivity index (χ4v) is 2.27. The van der Waals surface area contributed by atoms with Crippen molar-refractivity contribution in [3.8, 4) is 11.5 Å². The summed E-state index contributed by atoms with van der Waals surface area (Å²) in [6.45, 7) is 3.81. The molecule has 0 radical (unpaired) electrons. The van der Waals surface area contributed by atoms with E-state index >= 15 is 0 Å². The Balaban J connectivity index is 1.77. The molecule has 2 heterocycles. The highest BCUT2D eigenvalue weighted by Crippen LogP contribution is 2.16. The second-order valence-corrected chi connectivity index (χ2v) is 5.54. The molecule has 0 bridgehead atoms. The van der Waals surface area contributed by atoms with Crippen LogP contribution < -0.4 is 10.9 Å². The lowest BCUT2D eigenvalue weighted by molar-refractivity contribution is -0.117. The first-order valence-electron chi connectivity index (χ1n) is 7.52. The first-order valence-corrected chi connectivity index (χ1v) is 7.52. The van der Waals surface area contributed by atoms with E-state index in [0.717, 1.165) is 15.8 Å². The molecular formula is C18H17N3O3. The number of furan rings is 1. The molecule has 0 saturated heterocycles. The summed E-state index contributed by atoms with van der Waals surface area (Å²) in [5.74, 6) is 0.225. The van der Waals surface area contributed by atoms with Gasteiger partial charge in [-0.2, -0.15) is 5.10 Å². The number of carbonyl (C=O) groups is 1. The van der Waals surface area contributed by atoms with Crippen molar-refractivity contribution in [2.24, 2.45) is 0 Å². The van der Waals surface area contributed by atoms with Gasteiger partial charge in [0.05, 0.1) is 6.26 Å². The van der Waals surface area contributed by atoms with E-state index in [9.17, 15) is 9.59 Å². The largest absolute Gasteiger partial charge is 0.463 e. The number of amides is 1. The van der Waals surface area contributed by atoms with Gasteiger partial charge in [0.1, 0.15) is 12.2 Å². The van der Waals surface area contributed by atoms with Crippen molar-refractivity contribution in [2.45, 2.75) is 20.4 Å². The summed E-state index contributed by atoms with van der Waals surface area (Å²) < 4.78 is 6.38. The molecule has 2 aromatic heterocycles. The maximum atomic E-state index is 12.2. The summed E-state index contributed by atoms with van der Waals surface area (Å²) in [5, 5.41) is 6.96. The zero-order valence-electron chi connectivity index (χ0n) is 13.4. The Bertz CT molecular complexity index is 927. The van der Waals surface area contributed by atoms with Crippen molar-refractivity contribution < 1.29 is 9.21 Å². The second-order valence-electron chi connectivity index (χ2n) is 5.54. The predicted octanol–water partition coefficient (Wildman–Crippen LogP) is 2.76. The molecule has 0 aliphatic rings. The lowest BCUT2D eigenvalue weighted by atomic mass is 10.1. The quantitative estimate of drug-likeness (QED) is 0.801. The van der Waals surface area contributed by atoms with Gasteiger partial charge in [-0.05, 0) is 55.3 Å². The normalized spacial score (nSPS) is 10.6. The smallest absolute Gasteiger partial charge is 0.267 e. The van der Waals surface area contributed by atoms with Crippen LogP contribution in [0, 0.1) is 13.8 Å². The molecule has 122 valence electrons. The van der Waals surface area contributed by atoms with Crippen LogP contribution in [-0.4, -0.2) is 15.7 Å². The first kappa shape index (κ1) is 15.7. The van der Waals surface area contributed by atoms with E-state index in [-0.39, 0.29) is 18.0 Å². The molecule has 0 unspecified atom stereocenters. The molecule has 24 heavy (non-hydrogen) atoms. The summed E-state index contributed by atoms with van der Waals surface area (Å²) in [6.07, 6.45) is 1.53. The third kappa shape index (κ3) is 3.43. The Labute approximate surface area is 138 Å². The van der Waals surface area contributed by atoms with Gasteiger partial charge in [0, 0.05) is 11.8 Å². The van der Waals surface area contributed by atoms with Crippen molar-refractivity contribution >= 4 is 11.6 Å². The van der Waals surface area contributed by atoms with E-state index in [1.54, 1.807) is 18.2 Å². The molecule has 0 saturated carbocycles. The van der Waals surface area contributed by atoms with Crippen molar-refractivity contribution in [1.82, 2.24) is 9.78 Å². The van der Waals surface area contributed by atoms with Crippen LogP contribution in [0.25, 0.3) is 11.5 Å². The number of benzene rings is 1. The van der Waals surface area contributed by atoms with Crippen LogP contribution in [0.15, 0.2) is 57.9 Å². The number of aryl methyl sites for hydroxylation is 2. The Morgan fingerprint density at radius 2 is 2.00 bits per heavy atom. The van der Waals surface area contributed by atoms with Crippen molar-refractivity contribution in [3.63, 3.8) is 0 Å². The van der Waals surface area contributed by atoms with Crippen molar-refractivity contribution in [3.05, 3.63) is 70.2 Å². The molecular weight excluding hydrogens is 306 g/mol. The monoisotopic (exact) mass is 323 g/mol. The van der Waals surface area contributed by atoms with Crippen molar-refractivity contribution in [2.75, 3.05) is 5.32 Å². The first-order chi connectivity index (χ1) is 11.5. The number of carbonyl (C=O) groups excluding carboxylic acids is 1. The number of nitrogens with zero attached hydrogens (tertiary/aromatic N) is 2. The number of hydrogen-bond acceptors (Lipinski definition) is 4. The average molecular weight is 323 g/mol. The molecule has 1 amide bonds. The van der Waals surface area contributed by atoms with E-state index in [4.69, 9.17) is 4.42 Å². The predicted molar refractivity (Wildman–Crippen MR) is 90.7 cm³/mol. The minimum Gasteiger partial charge on any atom is -0.463 e. The second kappa shape index (κ2) is 6.54. The van der Waals surface area contributed by atoms with Crippen LogP contribution in [0.1, 0.15) is 11.1 Å². The maximum absolute atomic E-state index is 12.2. The number of rotatable bonds is 4. The van der Waals surface area contributed by atoms with Crippen LogP contribution in [0.3, 0.4) is 0 Å². The summed E-state index contributed by atoms with van der Waals surface area (Å²) in [6, 6.07) is 12.1. The number of nitrogens with one attached hydrogen (secondary N) is 1. The van der Waals surface area contributed by atoms with E-state index in [1.807, 2.05) is 32.0 Å². The molecule has 6 heteroatoms. The van der Waals surface area contributed by atoms with E-state index < -0.39 is 0 Å². The van der Waals surface area contributed by atoms with E-state index in [0.29, 0.717) is 17.1 Å². The van der Waals surface area contributed by atoms with Crippen molar-refractivity contribution in [1.29, 1.82) is 0 Å². The van der Waals surface area contributed by atoms with Crippen LogP contribution >= 0.6 is 0 Å². The van der Waals surface area contributed by atoms with Gasteiger partial charge in [-0.3, -0.25) is 9.59 Å². The van der Waals surface area contributed by atoms with Crippen LogP contribution in [-0.2, 0) is 11.3 Å². The SMILES string of the molecule is Cc1ccc(NC(=O)Cn2nc(-c3ccco3)ccc2=O)cc1C. The third-order valence-corrected chi connectivity index (χ3v) is 3.72. The number of aromatic nitrogens is 2. The zero-order valence-corrected chi connectivity index (χ0v) is 13.4. The fraction of sp³-hybridized carbons (Fsp3) is 0.167. The van der Waals surface area contributed by atoms with E-state index in [2.05, 4.69) is 10.4 Å². The summed E-state index contributed by atoms with van der Waals surface area (Å²) >= 11 is 0. The molecule has 6 nitrogen and oxygen atoms in total. The van der Waals surface area contributed by atoms with Crippen LogP contribution in [0.4, 0.5) is 5.69 Å². The van der Waals surface area contributed by atoms with Gasteiger partial charge in [-0.25, -0.2) is 4.68 Å². The highest BCUT2D eigenvalue weighted by molar-refractivity contribution is 5.90. The van der Waals surface area contributed by atoms with Crippen LogP contribution in [0.2, 0.25) is 0 Å². The lowest BCUT2D eigenvalue weighted by Crippen LogP contribution is -2.29. The molecule has 3 rings (SSSR count). The number of anilines is 1. The zero-order chi connectivity index (χ0) is 17.1. The molecule has 0 atom stereocenters.